The summed E-state index contributed by atoms with van der Waals surface area (Å²) in [5, 5.41) is 0. The SMILES string of the molecule is C[C@H]1C=C(CC/C=C/I)C(=O)O1. The quantitative estimate of drug-likeness (QED) is 0.586. The van der Waals surface area contributed by atoms with Gasteiger partial charge in [0.15, 0.2) is 0 Å². The molecule has 0 aromatic heterocycles. The minimum Gasteiger partial charge on any atom is -0.455 e. The Labute approximate surface area is 85.8 Å². The standard InChI is InChI=1S/C9H11IO2/c1-7-6-8(9(11)12-7)4-2-3-5-10/h3,5-7H,2,4H2,1H3/b5-3+/t7-/m0/s1. The first-order chi connectivity index (χ1) is 5.74. The van der Waals surface area contributed by atoms with Gasteiger partial charge in [-0.05, 0) is 29.9 Å². The fourth-order valence-corrected chi connectivity index (χ4v) is 1.48. The van der Waals surface area contributed by atoms with E-state index in [2.05, 4.69) is 22.6 Å². The van der Waals surface area contributed by atoms with E-state index >= 15 is 0 Å². The molecule has 0 saturated carbocycles. The zero-order chi connectivity index (χ0) is 8.97. The lowest BCUT2D eigenvalue weighted by Crippen LogP contribution is -2.03. The van der Waals surface area contributed by atoms with Gasteiger partial charge < -0.3 is 4.74 Å². The van der Waals surface area contributed by atoms with Crippen molar-refractivity contribution in [3.8, 4) is 0 Å². The number of rotatable bonds is 3. The minimum absolute atomic E-state index is 0.0314. The highest BCUT2D eigenvalue weighted by molar-refractivity contribution is 14.1. The lowest BCUT2D eigenvalue weighted by atomic mass is 10.1. The van der Waals surface area contributed by atoms with Crippen molar-refractivity contribution in [1.29, 1.82) is 0 Å². The van der Waals surface area contributed by atoms with Gasteiger partial charge in [-0.25, -0.2) is 4.79 Å². The molecule has 1 aliphatic heterocycles. The molecule has 1 aliphatic rings. The second kappa shape index (κ2) is 4.64. The van der Waals surface area contributed by atoms with Gasteiger partial charge in [-0.15, -0.1) is 0 Å². The first kappa shape index (κ1) is 9.77. The average molecular weight is 278 g/mol. The fraction of sp³-hybridized carbons (Fsp3) is 0.444. The molecule has 66 valence electrons. The van der Waals surface area contributed by atoms with Crippen molar-refractivity contribution in [3.63, 3.8) is 0 Å². The summed E-state index contributed by atoms with van der Waals surface area (Å²) in [7, 11) is 0. The maximum absolute atomic E-state index is 11.1. The molecule has 0 fully saturated rings. The van der Waals surface area contributed by atoms with Gasteiger partial charge >= 0.3 is 5.97 Å². The topological polar surface area (TPSA) is 26.3 Å². The lowest BCUT2D eigenvalue weighted by Gasteiger charge is -1.97. The Kier molecular flexibility index (Phi) is 3.78. The Morgan fingerprint density at radius 3 is 3.00 bits per heavy atom. The highest BCUT2D eigenvalue weighted by Crippen LogP contribution is 2.17. The van der Waals surface area contributed by atoms with Gasteiger partial charge in [0, 0.05) is 5.57 Å². The molecule has 0 aliphatic carbocycles. The van der Waals surface area contributed by atoms with E-state index in [0.29, 0.717) is 0 Å². The predicted molar refractivity (Wildman–Crippen MR) is 56.0 cm³/mol. The van der Waals surface area contributed by atoms with Crippen LogP contribution in [0.25, 0.3) is 0 Å². The second-order valence-electron chi connectivity index (χ2n) is 2.70. The largest absolute Gasteiger partial charge is 0.455 e. The van der Waals surface area contributed by atoms with Crippen LogP contribution >= 0.6 is 22.6 Å². The van der Waals surface area contributed by atoms with Gasteiger partial charge in [0.05, 0.1) is 0 Å². The van der Waals surface area contributed by atoms with Crippen LogP contribution in [0, 0.1) is 0 Å². The Hall–Kier alpha value is -0.320. The normalized spacial score (nSPS) is 23.0. The van der Waals surface area contributed by atoms with Crippen molar-refractivity contribution in [1.82, 2.24) is 0 Å². The molecular weight excluding hydrogens is 267 g/mol. The zero-order valence-electron chi connectivity index (χ0n) is 6.92. The van der Waals surface area contributed by atoms with Gasteiger partial charge in [-0.3, -0.25) is 0 Å². The van der Waals surface area contributed by atoms with E-state index in [4.69, 9.17) is 4.74 Å². The van der Waals surface area contributed by atoms with Crippen molar-refractivity contribution in [2.45, 2.75) is 25.9 Å². The minimum atomic E-state index is -0.149. The molecule has 1 atom stereocenters. The molecule has 0 N–H and O–H groups in total. The molecule has 0 saturated heterocycles. The maximum atomic E-state index is 11.1. The van der Waals surface area contributed by atoms with Gasteiger partial charge in [-0.1, -0.05) is 28.7 Å². The van der Waals surface area contributed by atoms with E-state index in [0.717, 1.165) is 18.4 Å². The number of allylic oxidation sites excluding steroid dienone is 1. The van der Waals surface area contributed by atoms with Gasteiger partial charge in [0.2, 0.25) is 0 Å². The molecule has 12 heavy (non-hydrogen) atoms. The van der Waals surface area contributed by atoms with E-state index in [9.17, 15) is 4.79 Å². The van der Waals surface area contributed by atoms with E-state index in [1.807, 2.05) is 23.2 Å². The number of carbonyl (C=O) groups excluding carboxylic acids is 1. The van der Waals surface area contributed by atoms with Crippen LogP contribution in [0.15, 0.2) is 21.8 Å². The van der Waals surface area contributed by atoms with Crippen LogP contribution in [0.4, 0.5) is 0 Å². The summed E-state index contributed by atoms with van der Waals surface area (Å²) < 4.78 is 6.91. The lowest BCUT2D eigenvalue weighted by molar-refractivity contribution is -0.139. The predicted octanol–water partition coefficient (Wildman–Crippen LogP) is 2.59. The van der Waals surface area contributed by atoms with Crippen molar-refractivity contribution in [2.24, 2.45) is 0 Å². The Bertz CT molecular complexity index is 231. The summed E-state index contributed by atoms with van der Waals surface area (Å²) in [6.07, 6.45) is 5.61. The molecule has 0 spiro atoms. The van der Waals surface area contributed by atoms with E-state index < -0.39 is 0 Å². The first-order valence-corrected chi connectivity index (χ1v) is 5.15. The van der Waals surface area contributed by atoms with Gasteiger partial charge in [0.1, 0.15) is 6.10 Å². The van der Waals surface area contributed by atoms with Crippen molar-refractivity contribution < 1.29 is 9.53 Å². The maximum Gasteiger partial charge on any atom is 0.334 e. The molecule has 0 radical (unpaired) electrons. The number of halogens is 1. The second-order valence-corrected chi connectivity index (χ2v) is 3.42. The van der Waals surface area contributed by atoms with E-state index in [-0.39, 0.29) is 12.1 Å². The Morgan fingerprint density at radius 1 is 1.75 bits per heavy atom. The third-order valence-corrected chi connectivity index (χ3v) is 2.17. The molecule has 3 heteroatoms. The number of hydrogen-bond acceptors (Lipinski definition) is 2. The summed E-state index contributed by atoms with van der Waals surface area (Å²) in [5.41, 5.74) is 0.817. The molecule has 0 amide bonds. The summed E-state index contributed by atoms with van der Waals surface area (Å²) in [4.78, 5) is 11.1. The molecule has 1 rings (SSSR count). The molecule has 0 unspecified atom stereocenters. The number of cyclic esters (lactones) is 1. The third kappa shape index (κ3) is 2.62. The van der Waals surface area contributed by atoms with Crippen molar-refractivity contribution in [3.05, 3.63) is 21.8 Å². The number of carbonyl (C=O) groups is 1. The molecule has 1 heterocycles. The van der Waals surface area contributed by atoms with E-state index in [1.165, 1.54) is 0 Å². The average Bonchev–Trinajstić information content (AvgIpc) is 2.31. The molecular formula is C9H11IO2. The van der Waals surface area contributed by atoms with Crippen LogP contribution in [0.5, 0.6) is 0 Å². The fourth-order valence-electron chi connectivity index (χ4n) is 1.12. The Morgan fingerprint density at radius 2 is 2.50 bits per heavy atom. The molecule has 0 aromatic carbocycles. The van der Waals surface area contributed by atoms with Crippen LogP contribution in [-0.2, 0) is 9.53 Å². The number of esters is 1. The number of ether oxygens (including phenoxy) is 1. The first-order valence-electron chi connectivity index (χ1n) is 3.91. The summed E-state index contributed by atoms with van der Waals surface area (Å²) >= 11 is 2.17. The third-order valence-electron chi connectivity index (χ3n) is 1.66. The van der Waals surface area contributed by atoms with Crippen LogP contribution in [0.2, 0.25) is 0 Å². The van der Waals surface area contributed by atoms with Crippen LogP contribution in [-0.4, -0.2) is 12.1 Å². The van der Waals surface area contributed by atoms with Crippen LogP contribution in [0.1, 0.15) is 19.8 Å². The summed E-state index contributed by atoms with van der Waals surface area (Å²) in [5.74, 6) is -0.149. The van der Waals surface area contributed by atoms with Crippen LogP contribution in [0.3, 0.4) is 0 Å². The molecule has 2 nitrogen and oxygen atoms in total. The van der Waals surface area contributed by atoms with Crippen molar-refractivity contribution in [2.75, 3.05) is 0 Å². The molecule has 0 bridgehead atoms. The summed E-state index contributed by atoms with van der Waals surface area (Å²) in [6, 6.07) is 0. The van der Waals surface area contributed by atoms with Crippen LogP contribution < -0.4 is 0 Å². The summed E-state index contributed by atoms with van der Waals surface area (Å²) in [6.45, 7) is 1.87. The van der Waals surface area contributed by atoms with E-state index in [1.54, 1.807) is 0 Å². The van der Waals surface area contributed by atoms with Gasteiger partial charge in [0.25, 0.3) is 0 Å². The highest BCUT2D eigenvalue weighted by Gasteiger charge is 2.20. The molecule has 0 aromatic rings. The highest BCUT2D eigenvalue weighted by atomic mass is 127. The smallest absolute Gasteiger partial charge is 0.334 e. The van der Waals surface area contributed by atoms with Crippen molar-refractivity contribution >= 4 is 28.6 Å². The zero-order valence-corrected chi connectivity index (χ0v) is 9.08. The van der Waals surface area contributed by atoms with Gasteiger partial charge in [-0.2, -0.15) is 0 Å². The monoisotopic (exact) mass is 278 g/mol. The number of hydrogen-bond donors (Lipinski definition) is 0. The Balaban J connectivity index is 2.41.